The number of carbonyl (C=O) groups excluding carboxylic acids is 2. The van der Waals surface area contributed by atoms with E-state index in [1.165, 1.54) is 18.2 Å². The summed E-state index contributed by atoms with van der Waals surface area (Å²) in [5, 5.41) is 2.71. The average molecular weight is 444 g/mol. The number of methoxy groups -OCH3 is 1. The van der Waals surface area contributed by atoms with Gasteiger partial charge >= 0.3 is 6.09 Å². The van der Waals surface area contributed by atoms with E-state index in [1.54, 1.807) is 30.4 Å². The number of benzene rings is 3. The monoisotopic (exact) mass is 443 g/mol. The zero-order valence-corrected chi connectivity index (χ0v) is 18.2. The number of nitrogens with one attached hydrogen (secondary N) is 2. The zero-order chi connectivity index (χ0) is 23.2. The van der Waals surface area contributed by atoms with E-state index in [-0.39, 0.29) is 19.1 Å². The minimum absolute atomic E-state index is 0.00956. The molecule has 0 unspecified atom stereocenters. The van der Waals surface area contributed by atoms with Crippen molar-refractivity contribution in [1.82, 2.24) is 10.7 Å². The summed E-state index contributed by atoms with van der Waals surface area (Å²) in [6.07, 6.45) is 2.96. The summed E-state index contributed by atoms with van der Waals surface area (Å²) in [6, 6.07) is 21.5. The maximum absolute atomic E-state index is 12.3. The van der Waals surface area contributed by atoms with Crippen LogP contribution in [-0.4, -0.2) is 32.3 Å². The summed E-state index contributed by atoms with van der Waals surface area (Å²) in [7, 11) is 1.52. The predicted molar refractivity (Wildman–Crippen MR) is 127 cm³/mol. The van der Waals surface area contributed by atoms with Gasteiger partial charge < -0.3 is 14.8 Å². The molecule has 0 spiro atoms. The van der Waals surface area contributed by atoms with Crippen LogP contribution in [0.3, 0.4) is 0 Å². The Morgan fingerprint density at radius 3 is 2.30 bits per heavy atom. The number of alkyl carbamates (subject to hydrolysis) is 1. The van der Waals surface area contributed by atoms with Gasteiger partial charge in [-0.2, -0.15) is 0 Å². The van der Waals surface area contributed by atoms with Crippen LogP contribution < -0.4 is 21.3 Å². The lowest BCUT2D eigenvalue weighted by Crippen LogP contribution is -2.30. The first kappa shape index (κ1) is 22.1. The lowest BCUT2D eigenvalue weighted by atomic mass is 9.98. The number of hydrazine groups is 1. The molecule has 0 fully saturated rings. The highest BCUT2D eigenvalue weighted by Crippen LogP contribution is 2.44. The number of hydrogen-bond acceptors (Lipinski definition) is 5. The van der Waals surface area contributed by atoms with Crippen LogP contribution in [0, 0.1) is 0 Å². The molecule has 0 atom stereocenters. The Bertz CT molecular complexity index is 1160. The van der Waals surface area contributed by atoms with Crippen molar-refractivity contribution >= 4 is 18.1 Å². The van der Waals surface area contributed by atoms with E-state index in [1.807, 2.05) is 24.3 Å². The second kappa shape index (κ2) is 10.0. The van der Waals surface area contributed by atoms with E-state index < -0.39 is 12.0 Å². The summed E-state index contributed by atoms with van der Waals surface area (Å²) < 4.78 is 10.7. The molecule has 7 nitrogen and oxygen atoms in total. The van der Waals surface area contributed by atoms with E-state index >= 15 is 0 Å². The van der Waals surface area contributed by atoms with Gasteiger partial charge in [-0.1, -0.05) is 66.7 Å². The molecule has 0 aliphatic heterocycles. The molecule has 0 bridgehead atoms. The molecule has 1 aliphatic carbocycles. The Morgan fingerprint density at radius 1 is 1.00 bits per heavy atom. The van der Waals surface area contributed by atoms with Crippen molar-refractivity contribution in [2.45, 2.75) is 5.92 Å². The molecule has 0 radical (unpaired) electrons. The largest absolute Gasteiger partial charge is 0.497 e. The van der Waals surface area contributed by atoms with Crippen LogP contribution in [0.5, 0.6) is 5.75 Å². The Balaban J connectivity index is 1.35. The fourth-order valence-electron chi connectivity index (χ4n) is 4.06. The number of nitrogen functional groups attached to an aromatic ring is 1. The molecule has 2 amide bonds. The second-order valence-corrected chi connectivity index (χ2v) is 7.54. The van der Waals surface area contributed by atoms with Crippen molar-refractivity contribution in [2.75, 3.05) is 20.3 Å². The molecule has 33 heavy (non-hydrogen) atoms. The van der Waals surface area contributed by atoms with E-state index in [2.05, 4.69) is 35.0 Å². The molecule has 3 aromatic rings. The van der Waals surface area contributed by atoms with Crippen LogP contribution in [0.15, 0.2) is 72.8 Å². The number of amides is 2. The lowest BCUT2D eigenvalue weighted by molar-refractivity contribution is 0.0953. The standard InChI is InChI=1S/C26H25N3O4/c1-32-18-13-12-17(23(15-18)25(30)29-27)7-6-14-28-26(31)33-16-24-21-10-4-2-8-19(21)20-9-3-5-11-22(20)24/h2-13,15,24H,14,16,27H2,1H3,(H,28,31)(H,29,30). The number of ether oxygens (including phenoxy) is 2. The van der Waals surface area contributed by atoms with Crippen molar-refractivity contribution in [3.05, 3.63) is 95.1 Å². The maximum Gasteiger partial charge on any atom is 0.407 e. The minimum atomic E-state index is -0.504. The normalized spacial score (nSPS) is 12.2. The fourth-order valence-corrected chi connectivity index (χ4v) is 4.06. The third-order valence-corrected chi connectivity index (χ3v) is 5.64. The van der Waals surface area contributed by atoms with Crippen LogP contribution in [0.2, 0.25) is 0 Å². The van der Waals surface area contributed by atoms with Gasteiger partial charge in [-0.15, -0.1) is 0 Å². The third kappa shape index (κ3) is 4.73. The van der Waals surface area contributed by atoms with Crippen LogP contribution >= 0.6 is 0 Å². The van der Waals surface area contributed by atoms with Gasteiger partial charge in [-0.3, -0.25) is 10.2 Å². The van der Waals surface area contributed by atoms with Crippen molar-refractivity contribution in [1.29, 1.82) is 0 Å². The molecule has 7 heteroatoms. The van der Waals surface area contributed by atoms with Crippen LogP contribution in [0.4, 0.5) is 4.79 Å². The number of rotatable bonds is 7. The molecule has 168 valence electrons. The first-order valence-electron chi connectivity index (χ1n) is 10.6. The predicted octanol–water partition coefficient (Wildman–Crippen LogP) is 3.85. The second-order valence-electron chi connectivity index (χ2n) is 7.54. The molecule has 4 N–H and O–H groups in total. The molecule has 0 saturated carbocycles. The number of hydrogen-bond donors (Lipinski definition) is 3. The molecular weight excluding hydrogens is 418 g/mol. The van der Waals surface area contributed by atoms with E-state index in [0.717, 1.165) is 11.1 Å². The Kier molecular flexibility index (Phi) is 6.71. The van der Waals surface area contributed by atoms with Gasteiger partial charge in [0.2, 0.25) is 0 Å². The van der Waals surface area contributed by atoms with Crippen molar-refractivity contribution in [3.63, 3.8) is 0 Å². The van der Waals surface area contributed by atoms with E-state index in [0.29, 0.717) is 16.9 Å². The van der Waals surface area contributed by atoms with Crippen molar-refractivity contribution < 1.29 is 19.1 Å². The van der Waals surface area contributed by atoms with Gasteiger partial charge in [-0.05, 0) is 39.9 Å². The molecule has 4 rings (SSSR count). The Morgan fingerprint density at radius 2 is 1.67 bits per heavy atom. The van der Waals surface area contributed by atoms with Crippen LogP contribution in [0.1, 0.15) is 33.0 Å². The van der Waals surface area contributed by atoms with Crippen molar-refractivity contribution in [3.8, 4) is 16.9 Å². The first-order valence-corrected chi connectivity index (χ1v) is 10.6. The van der Waals surface area contributed by atoms with Crippen LogP contribution in [0.25, 0.3) is 17.2 Å². The Hall–Kier alpha value is -4.10. The maximum atomic E-state index is 12.3. The summed E-state index contributed by atoms with van der Waals surface area (Å²) in [5.41, 5.74) is 7.83. The van der Waals surface area contributed by atoms with Gasteiger partial charge in [0, 0.05) is 12.5 Å². The summed E-state index contributed by atoms with van der Waals surface area (Å²) in [5.74, 6) is 5.39. The minimum Gasteiger partial charge on any atom is -0.497 e. The van der Waals surface area contributed by atoms with E-state index in [4.69, 9.17) is 15.3 Å². The van der Waals surface area contributed by atoms with Gasteiger partial charge in [-0.25, -0.2) is 10.6 Å². The molecule has 0 saturated heterocycles. The topological polar surface area (TPSA) is 103 Å². The number of fused-ring (bicyclic) bond motifs is 3. The highest BCUT2D eigenvalue weighted by Gasteiger charge is 2.28. The highest BCUT2D eigenvalue weighted by atomic mass is 16.5. The Labute approximate surface area is 192 Å². The van der Waals surface area contributed by atoms with Crippen LogP contribution in [-0.2, 0) is 4.74 Å². The van der Waals surface area contributed by atoms with Crippen molar-refractivity contribution in [2.24, 2.45) is 5.84 Å². The molecule has 3 aromatic carbocycles. The summed E-state index contributed by atoms with van der Waals surface area (Å²) in [4.78, 5) is 24.3. The highest BCUT2D eigenvalue weighted by molar-refractivity contribution is 5.97. The van der Waals surface area contributed by atoms with E-state index in [9.17, 15) is 9.59 Å². The third-order valence-electron chi connectivity index (χ3n) is 5.64. The molecule has 1 aliphatic rings. The van der Waals surface area contributed by atoms with Gasteiger partial charge in [0.05, 0.1) is 12.7 Å². The lowest BCUT2D eigenvalue weighted by Gasteiger charge is -2.14. The number of nitrogens with two attached hydrogens (primary N) is 1. The van der Waals surface area contributed by atoms with Gasteiger partial charge in [0.15, 0.2) is 0 Å². The summed E-state index contributed by atoms with van der Waals surface area (Å²) >= 11 is 0. The molecular formula is C26H25N3O4. The van der Waals surface area contributed by atoms with Gasteiger partial charge in [0.1, 0.15) is 12.4 Å². The number of carbonyl (C=O) groups is 2. The molecule has 0 heterocycles. The smallest absolute Gasteiger partial charge is 0.407 e. The SMILES string of the molecule is COc1ccc(C=CCNC(=O)OCC2c3ccccc3-c3ccccc32)c(C(=O)NN)c1. The van der Waals surface area contributed by atoms with Gasteiger partial charge in [0.25, 0.3) is 5.91 Å². The molecule has 0 aromatic heterocycles. The average Bonchev–Trinajstić information content (AvgIpc) is 3.18. The zero-order valence-electron chi connectivity index (χ0n) is 18.2. The first-order chi connectivity index (χ1) is 16.1. The summed E-state index contributed by atoms with van der Waals surface area (Å²) in [6.45, 7) is 0.495. The quantitative estimate of drug-likeness (QED) is 0.292. The fraction of sp³-hybridized carbons (Fsp3) is 0.154.